The van der Waals surface area contributed by atoms with E-state index in [9.17, 15) is 9.59 Å². The zero-order valence-corrected chi connectivity index (χ0v) is 16.3. The summed E-state index contributed by atoms with van der Waals surface area (Å²) in [6.45, 7) is 1.86. The molecule has 3 N–H and O–H groups in total. The Balaban J connectivity index is 1.49. The summed E-state index contributed by atoms with van der Waals surface area (Å²) >= 11 is 0. The Morgan fingerprint density at radius 1 is 0.700 bits per heavy atom. The van der Waals surface area contributed by atoms with Gasteiger partial charge in [-0.2, -0.15) is 0 Å². The molecule has 148 valence electrons. The van der Waals surface area contributed by atoms with Crippen molar-refractivity contribution in [1.82, 2.24) is 4.98 Å². The fourth-order valence-corrected chi connectivity index (χ4v) is 3.18. The number of pyridine rings is 1. The Hall–Kier alpha value is -4.19. The number of hydrogen-bond donors (Lipinski definition) is 3. The SMILES string of the molecule is Cc1cc(C(=O)Nc2cccc(NC(=O)Nc3ccccc3)c2)c2ccccc2n1. The molecule has 0 bridgehead atoms. The second-order valence-corrected chi connectivity index (χ2v) is 6.81. The first-order valence-electron chi connectivity index (χ1n) is 9.49. The van der Waals surface area contributed by atoms with E-state index in [1.807, 2.05) is 49.4 Å². The van der Waals surface area contributed by atoms with Gasteiger partial charge in [0.2, 0.25) is 0 Å². The summed E-state index contributed by atoms with van der Waals surface area (Å²) in [5.74, 6) is -0.234. The highest BCUT2D eigenvalue weighted by Crippen LogP contribution is 2.21. The van der Waals surface area contributed by atoms with E-state index >= 15 is 0 Å². The van der Waals surface area contributed by atoms with Crippen molar-refractivity contribution in [2.75, 3.05) is 16.0 Å². The normalized spacial score (nSPS) is 10.4. The predicted molar refractivity (Wildman–Crippen MR) is 120 cm³/mol. The van der Waals surface area contributed by atoms with Gasteiger partial charge in [0.1, 0.15) is 0 Å². The number of carbonyl (C=O) groups excluding carboxylic acids is 2. The van der Waals surface area contributed by atoms with Crippen LogP contribution in [0.1, 0.15) is 16.1 Å². The van der Waals surface area contributed by atoms with E-state index in [1.165, 1.54) is 0 Å². The number of rotatable bonds is 4. The molecule has 4 aromatic rings. The van der Waals surface area contributed by atoms with Crippen LogP contribution < -0.4 is 16.0 Å². The molecule has 1 heterocycles. The Labute approximate surface area is 174 Å². The molecule has 6 nitrogen and oxygen atoms in total. The van der Waals surface area contributed by atoms with Crippen LogP contribution in [0.15, 0.2) is 84.9 Å². The van der Waals surface area contributed by atoms with Crippen LogP contribution in [-0.2, 0) is 0 Å². The minimum Gasteiger partial charge on any atom is -0.322 e. The monoisotopic (exact) mass is 396 g/mol. The fourth-order valence-electron chi connectivity index (χ4n) is 3.18. The van der Waals surface area contributed by atoms with Gasteiger partial charge in [-0.15, -0.1) is 0 Å². The molecular weight excluding hydrogens is 376 g/mol. The van der Waals surface area contributed by atoms with Crippen molar-refractivity contribution in [3.05, 3.63) is 96.2 Å². The van der Waals surface area contributed by atoms with E-state index in [0.717, 1.165) is 16.6 Å². The van der Waals surface area contributed by atoms with Crippen molar-refractivity contribution in [1.29, 1.82) is 0 Å². The number of carbonyl (C=O) groups is 2. The van der Waals surface area contributed by atoms with Crippen molar-refractivity contribution in [2.45, 2.75) is 6.92 Å². The van der Waals surface area contributed by atoms with E-state index in [1.54, 1.807) is 42.5 Å². The molecule has 1 aromatic heterocycles. The number of aryl methyl sites for hydroxylation is 1. The highest BCUT2D eigenvalue weighted by molar-refractivity contribution is 6.12. The van der Waals surface area contributed by atoms with Crippen LogP contribution in [0.3, 0.4) is 0 Å². The number of aromatic nitrogens is 1. The Bertz CT molecular complexity index is 1220. The Morgan fingerprint density at radius 3 is 2.13 bits per heavy atom. The van der Waals surface area contributed by atoms with Crippen molar-refractivity contribution in [3.8, 4) is 0 Å². The third-order valence-corrected chi connectivity index (χ3v) is 4.50. The van der Waals surface area contributed by atoms with Gasteiger partial charge in [-0.05, 0) is 49.4 Å². The Morgan fingerprint density at radius 2 is 1.33 bits per heavy atom. The molecule has 0 fully saturated rings. The molecular formula is C24H20N4O2. The third kappa shape index (κ3) is 4.44. The van der Waals surface area contributed by atoms with Gasteiger partial charge in [-0.3, -0.25) is 9.78 Å². The smallest absolute Gasteiger partial charge is 0.322 e. The molecule has 0 aliphatic carbocycles. The van der Waals surface area contributed by atoms with Crippen molar-refractivity contribution in [2.24, 2.45) is 0 Å². The van der Waals surface area contributed by atoms with Gasteiger partial charge in [-0.25, -0.2) is 4.79 Å². The minimum absolute atomic E-state index is 0.234. The van der Waals surface area contributed by atoms with Crippen LogP contribution in [-0.4, -0.2) is 16.9 Å². The second-order valence-electron chi connectivity index (χ2n) is 6.81. The van der Waals surface area contributed by atoms with Gasteiger partial charge in [0.15, 0.2) is 0 Å². The van der Waals surface area contributed by atoms with Crippen LogP contribution in [0.4, 0.5) is 21.9 Å². The first-order valence-corrected chi connectivity index (χ1v) is 9.49. The van der Waals surface area contributed by atoms with Crippen molar-refractivity contribution < 1.29 is 9.59 Å². The van der Waals surface area contributed by atoms with Crippen LogP contribution in [0.25, 0.3) is 10.9 Å². The number of urea groups is 1. The average molecular weight is 396 g/mol. The molecule has 0 saturated heterocycles. The number of amides is 3. The molecule has 3 amide bonds. The van der Waals surface area contributed by atoms with Crippen LogP contribution in [0.2, 0.25) is 0 Å². The number of para-hydroxylation sites is 2. The van der Waals surface area contributed by atoms with E-state index in [0.29, 0.717) is 22.6 Å². The number of fused-ring (bicyclic) bond motifs is 1. The number of nitrogens with one attached hydrogen (secondary N) is 3. The van der Waals surface area contributed by atoms with Gasteiger partial charge >= 0.3 is 6.03 Å². The van der Waals surface area contributed by atoms with Gasteiger partial charge < -0.3 is 16.0 Å². The topological polar surface area (TPSA) is 83.1 Å². The molecule has 3 aromatic carbocycles. The molecule has 0 spiro atoms. The summed E-state index contributed by atoms with van der Waals surface area (Å²) in [6, 6.07) is 25.1. The standard InChI is InChI=1S/C24H20N4O2/c1-16-14-21(20-12-5-6-13-22(20)25-16)23(29)26-18-10-7-11-19(15-18)28-24(30)27-17-8-3-2-4-9-17/h2-15H,1H3,(H,26,29)(H2,27,28,30). The predicted octanol–water partition coefficient (Wildman–Crippen LogP) is 5.44. The maximum atomic E-state index is 12.9. The molecule has 0 radical (unpaired) electrons. The molecule has 30 heavy (non-hydrogen) atoms. The maximum Gasteiger partial charge on any atom is 0.323 e. The second kappa shape index (κ2) is 8.45. The van der Waals surface area contributed by atoms with Gasteiger partial charge in [-0.1, -0.05) is 42.5 Å². The highest BCUT2D eigenvalue weighted by atomic mass is 16.2. The first kappa shape index (κ1) is 19.1. The number of benzene rings is 3. The lowest BCUT2D eigenvalue weighted by molar-refractivity contribution is 0.102. The highest BCUT2D eigenvalue weighted by Gasteiger charge is 2.12. The van der Waals surface area contributed by atoms with Crippen molar-refractivity contribution in [3.63, 3.8) is 0 Å². The zero-order valence-electron chi connectivity index (χ0n) is 16.3. The summed E-state index contributed by atoms with van der Waals surface area (Å²) < 4.78 is 0. The molecule has 6 heteroatoms. The van der Waals surface area contributed by atoms with E-state index in [-0.39, 0.29) is 11.9 Å². The molecule has 0 unspecified atom stereocenters. The van der Waals surface area contributed by atoms with E-state index in [2.05, 4.69) is 20.9 Å². The van der Waals surface area contributed by atoms with Gasteiger partial charge in [0, 0.05) is 28.1 Å². The quantitative estimate of drug-likeness (QED) is 0.429. The van der Waals surface area contributed by atoms with E-state index < -0.39 is 0 Å². The summed E-state index contributed by atoms with van der Waals surface area (Å²) in [4.78, 5) is 29.6. The lowest BCUT2D eigenvalue weighted by Gasteiger charge is -2.11. The molecule has 0 saturated carbocycles. The number of hydrogen-bond acceptors (Lipinski definition) is 3. The molecule has 4 rings (SSSR count). The zero-order chi connectivity index (χ0) is 20.9. The van der Waals surface area contributed by atoms with Gasteiger partial charge in [0.25, 0.3) is 5.91 Å². The largest absolute Gasteiger partial charge is 0.323 e. The summed E-state index contributed by atoms with van der Waals surface area (Å²) in [5.41, 5.74) is 3.94. The third-order valence-electron chi connectivity index (χ3n) is 4.50. The molecule has 0 aliphatic rings. The first-order chi connectivity index (χ1) is 14.6. The summed E-state index contributed by atoms with van der Waals surface area (Å²) in [7, 11) is 0. The number of anilines is 3. The van der Waals surface area contributed by atoms with Crippen molar-refractivity contribution >= 4 is 39.9 Å². The van der Waals surface area contributed by atoms with Crippen LogP contribution >= 0.6 is 0 Å². The average Bonchev–Trinajstić information content (AvgIpc) is 2.74. The Kier molecular flexibility index (Phi) is 5.39. The molecule has 0 atom stereocenters. The molecule has 0 aliphatic heterocycles. The summed E-state index contributed by atoms with van der Waals surface area (Å²) in [6.07, 6.45) is 0. The lowest BCUT2D eigenvalue weighted by Crippen LogP contribution is -2.19. The fraction of sp³-hybridized carbons (Fsp3) is 0.0417. The minimum atomic E-state index is -0.361. The van der Waals surface area contributed by atoms with E-state index in [4.69, 9.17) is 0 Å². The summed E-state index contributed by atoms with van der Waals surface area (Å²) in [5, 5.41) is 9.22. The van der Waals surface area contributed by atoms with Crippen LogP contribution in [0.5, 0.6) is 0 Å². The maximum absolute atomic E-state index is 12.9. The lowest BCUT2D eigenvalue weighted by atomic mass is 10.1. The number of nitrogens with zero attached hydrogens (tertiary/aromatic N) is 1. The van der Waals surface area contributed by atoms with Crippen LogP contribution in [0, 0.1) is 6.92 Å². The van der Waals surface area contributed by atoms with Gasteiger partial charge in [0.05, 0.1) is 11.1 Å².